The number of aliphatic carboxylic acids is 1. The maximum atomic E-state index is 11.4. The molecule has 0 aliphatic carbocycles. The molecule has 5 nitrogen and oxygen atoms in total. The standard InChI is InChI=1S/C10H18N2O3/c1-8(3-4-9(13)14)7-12-6-2-5-11-10(12)15/h8H,2-7H2,1H3,(H,11,15)(H,13,14). The molecule has 0 saturated carbocycles. The Labute approximate surface area is 89.4 Å². The minimum Gasteiger partial charge on any atom is -0.481 e. The number of hydrogen-bond acceptors (Lipinski definition) is 2. The maximum Gasteiger partial charge on any atom is 0.317 e. The molecule has 1 heterocycles. The zero-order valence-electron chi connectivity index (χ0n) is 9.03. The van der Waals surface area contributed by atoms with Crippen LogP contribution in [0.1, 0.15) is 26.2 Å². The van der Waals surface area contributed by atoms with E-state index in [1.165, 1.54) is 0 Å². The van der Waals surface area contributed by atoms with Gasteiger partial charge >= 0.3 is 12.0 Å². The van der Waals surface area contributed by atoms with Crippen molar-refractivity contribution in [3.05, 3.63) is 0 Å². The topological polar surface area (TPSA) is 69.6 Å². The molecule has 5 heteroatoms. The summed E-state index contributed by atoms with van der Waals surface area (Å²) in [6.07, 6.45) is 1.77. The quantitative estimate of drug-likeness (QED) is 0.714. The van der Waals surface area contributed by atoms with Crippen molar-refractivity contribution in [2.24, 2.45) is 5.92 Å². The second kappa shape index (κ2) is 5.58. The van der Waals surface area contributed by atoms with E-state index in [1.54, 1.807) is 4.90 Å². The van der Waals surface area contributed by atoms with Crippen LogP contribution in [0.4, 0.5) is 4.79 Å². The molecule has 0 aromatic rings. The summed E-state index contributed by atoms with van der Waals surface area (Å²) in [6, 6.07) is -0.0246. The van der Waals surface area contributed by atoms with Gasteiger partial charge in [-0.1, -0.05) is 6.92 Å². The Morgan fingerprint density at radius 1 is 1.67 bits per heavy atom. The Kier molecular flexibility index (Phi) is 4.39. The molecule has 1 atom stereocenters. The highest BCUT2D eigenvalue weighted by atomic mass is 16.4. The molecule has 2 N–H and O–H groups in total. The van der Waals surface area contributed by atoms with Crippen molar-refractivity contribution in [2.75, 3.05) is 19.6 Å². The highest BCUT2D eigenvalue weighted by molar-refractivity contribution is 5.74. The van der Waals surface area contributed by atoms with Crippen LogP contribution < -0.4 is 5.32 Å². The van der Waals surface area contributed by atoms with E-state index in [4.69, 9.17) is 5.11 Å². The minimum absolute atomic E-state index is 0.0246. The van der Waals surface area contributed by atoms with Gasteiger partial charge in [-0.2, -0.15) is 0 Å². The summed E-state index contributed by atoms with van der Waals surface area (Å²) in [4.78, 5) is 23.5. The number of hydrogen-bond donors (Lipinski definition) is 2. The first kappa shape index (κ1) is 11.8. The second-order valence-corrected chi connectivity index (χ2v) is 4.07. The Morgan fingerprint density at radius 3 is 3.00 bits per heavy atom. The smallest absolute Gasteiger partial charge is 0.317 e. The Bertz CT molecular complexity index is 243. The van der Waals surface area contributed by atoms with Crippen LogP contribution in [0, 0.1) is 5.92 Å². The van der Waals surface area contributed by atoms with Gasteiger partial charge in [0.2, 0.25) is 0 Å². The molecule has 0 radical (unpaired) electrons. The summed E-state index contributed by atoms with van der Waals surface area (Å²) >= 11 is 0. The van der Waals surface area contributed by atoms with E-state index in [1.807, 2.05) is 6.92 Å². The normalized spacial score (nSPS) is 18.5. The third-order valence-electron chi connectivity index (χ3n) is 2.55. The van der Waals surface area contributed by atoms with Gasteiger partial charge in [-0.25, -0.2) is 4.79 Å². The molecule has 0 aromatic carbocycles. The van der Waals surface area contributed by atoms with Crippen LogP contribution in [0.25, 0.3) is 0 Å². The third kappa shape index (κ3) is 4.18. The first-order valence-electron chi connectivity index (χ1n) is 5.34. The number of urea groups is 1. The number of carboxylic acid groups (broad SMARTS) is 1. The second-order valence-electron chi connectivity index (χ2n) is 4.07. The molecular formula is C10H18N2O3. The fraction of sp³-hybridized carbons (Fsp3) is 0.800. The van der Waals surface area contributed by atoms with Crippen molar-refractivity contribution in [3.8, 4) is 0 Å². The fourth-order valence-electron chi connectivity index (χ4n) is 1.69. The number of nitrogens with one attached hydrogen (secondary N) is 1. The predicted molar refractivity (Wildman–Crippen MR) is 55.6 cm³/mol. The highest BCUT2D eigenvalue weighted by Crippen LogP contribution is 2.10. The first-order valence-corrected chi connectivity index (χ1v) is 5.34. The molecule has 2 amide bonds. The van der Waals surface area contributed by atoms with Gasteiger partial charge in [-0.3, -0.25) is 4.79 Å². The number of carbonyl (C=O) groups excluding carboxylic acids is 1. The first-order chi connectivity index (χ1) is 7.09. The average molecular weight is 214 g/mol. The largest absolute Gasteiger partial charge is 0.481 e. The van der Waals surface area contributed by atoms with Crippen LogP contribution in [0.15, 0.2) is 0 Å². The summed E-state index contributed by atoms with van der Waals surface area (Å²) in [5.74, 6) is -0.533. The van der Waals surface area contributed by atoms with Gasteiger partial charge in [-0.05, 0) is 18.8 Å². The van der Waals surface area contributed by atoms with E-state index in [9.17, 15) is 9.59 Å². The van der Waals surface area contributed by atoms with Gasteiger partial charge in [-0.15, -0.1) is 0 Å². The zero-order chi connectivity index (χ0) is 11.3. The van der Waals surface area contributed by atoms with Crippen LogP contribution in [0.5, 0.6) is 0 Å². The van der Waals surface area contributed by atoms with E-state index < -0.39 is 5.97 Å². The maximum absolute atomic E-state index is 11.4. The van der Waals surface area contributed by atoms with Crippen LogP contribution in [0.2, 0.25) is 0 Å². The van der Waals surface area contributed by atoms with Crippen molar-refractivity contribution in [2.45, 2.75) is 26.2 Å². The van der Waals surface area contributed by atoms with Crippen molar-refractivity contribution < 1.29 is 14.7 Å². The molecule has 1 unspecified atom stereocenters. The third-order valence-corrected chi connectivity index (χ3v) is 2.55. The predicted octanol–water partition coefficient (Wildman–Crippen LogP) is 0.903. The lowest BCUT2D eigenvalue weighted by atomic mass is 10.0. The Morgan fingerprint density at radius 2 is 2.40 bits per heavy atom. The van der Waals surface area contributed by atoms with Gasteiger partial charge in [0, 0.05) is 26.1 Å². The molecule has 0 spiro atoms. The van der Waals surface area contributed by atoms with E-state index in [0.717, 1.165) is 19.5 Å². The molecule has 86 valence electrons. The summed E-state index contributed by atoms with van der Waals surface area (Å²) in [5.41, 5.74) is 0. The van der Waals surface area contributed by atoms with Gasteiger partial charge in [0.25, 0.3) is 0 Å². The lowest BCUT2D eigenvalue weighted by molar-refractivity contribution is -0.137. The van der Waals surface area contributed by atoms with Crippen molar-refractivity contribution in [1.29, 1.82) is 0 Å². The highest BCUT2D eigenvalue weighted by Gasteiger charge is 2.19. The average Bonchev–Trinajstić information content (AvgIpc) is 2.18. The SMILES string of the molecule is CC(CCC(=O)O)CN1CCCNC1=O. The summed E-state index contributed by atoms with van der Waals surface area (Å²) in [7, 11) is 0. The molecule has 1 rings (SSSR count). The molecule has 0 aromatic heterocycles. The molecule has 1 fully saturated rings. The van der Waals surface area contributed by atoms with E-state index >= 15 is 0 Å². The van der Waals surface area contributed by atoms with Gasteiger partial charge in [0.1, 0.15) is 0 Å². The van der Waals surface area contributed by atoms with E-state index in [2.05, 4.69) is 5.32 Å². The number of carboxylic acids is 1. The van der Waals surface area contributed by atoms with Crippen molar-refractivity contribution in [3.63, 3.8) is 0 Å². The fourth-order valence-corrected chi connectivity index (χ4v) is 1.69. The lowest BCUT2D eigenvalue weighted by Gasteiger charge is -2.29. The monoisotopic (exact) mass is 214 g/mol. The summed E-state index contributed by atoms with van der Waals surface area (Å²) < 4.78 is 0. The van der Waals surface area contributed by atoms with Crippen molar-refractivity contribution in [1.82, 2.24) is 10.2 Å². The summed E-state index contributed by atoms with van der Waals surface area (Å²) in [6.45, 7) is 4.16. The minimum atomic E-state index is -0.773. The van der Waals surface area contributed by atoms with Crippen LogP contribution in [0.3, 0.4) is 0 Å². The van der Waals surface area contributed by atoms with Gasteiger partial charge < -0.3 is 15.3 Å². The van der Waals surface area contributed by atoms with Crippen LogP contribution >= 0.6 is 0 Å². The molecule has 1 aliphatic heterocycles. The number of carbonyl (C=O) groups is 2. The molecule has 1 aliphatic rings. The van der Waals surface area contributed by atoms with Crippen LogP contribution in [-0.4, -0.2) is 41.6 Å². The molecular weight excluding hydrogens is 196 g/mol. The zero-order valence-corrected chi connectivity index (χ0v) is 9.03. The van der Waals surface area contributed by atoms with Gasteiger partial charge in [0.15, 0.2) is 0 Å². The number of amides is 2. The summed E-state index contributed by atoms with van der Waals surface area (Å²) in [5, 5.41) is 11.3. The molecule has 1 saturated heterocycles. The lowest BCUT2D eigenvalue weighted by Crippen LogP contribution is -2.47. The van der Waals surface area contributed by atoms with E-state index in [-0.39, 0.29) is 18.4 Å². The molecule has 15 heavy (non-hydrogen) atoms. The molecule has 0 bridgehead atoms. The number of rotatable bonds is 5. The Balaban J connectivity index is 2.26. The van der Waals surface area contributed by atoms with Crippen LogP contribution in [-0.2, 0) is 4.79 Å². The van der Waals surface area contributed by atoms with Gasteiger partial charge in [0.05, 0.1) is 0 Å². The van der Waals surface area contributed by atoms with Crippen molar-refractivity contribution >= 4 is 12.0 Å². The number of nitrogens with zero attached hydrogens (tertiary/aromatic N) is 1. The Hall–Kier alpha value is -1.26. The van der Waals surface area contributed by atoms with E-state index in [0.29, 0.717) is 13.0 Å².